The minimum Gasteiger partial charge on any atom is -0.465 e. The van der Waals surface area contributed by atoms with Crippen LogP contribution in [-0.4, -0.2) is 12.9 Å². The molecular formula is C13H17BrO2. The van der Waals surface area contributed by atoms with Gasteiger partial charge in [-0.25, -0.2) is 0 Å². The van der Waals surface area contributed by atoms with Crippen LogP contribution in [0.15, 0.2) is 22.7 Å². The Labute approximate surface area is 105 Å². The Kier molecular flexibility index (Phi) is 4.24. The SMILES string of the molecule is CCc1cc(Br)ccc1OC1CCCCO1. The number of halogens is 1. The van der Waals surface area contributed by atoms with Crippen LogP contribution in [0.25, 0.3) is 0 Å². The molecule has 0 aliphatic carbocycles. The second-order valence-electron chi connectivity index (χ2n) is 4.02. The van der Waals surface area contributed by atoms with Gasteiger partial charge in [0.2, 0.25) is 0 Å². The van der Waals surface area contributed by atoms with Crippen LogP contribution in [0.2, 0.25) is 0 Å². The fourth-order valence-corrected chi connectivity index (χ4v) is 2.29. The normalized spacial score (nSPS) is 20.8. The van der Waals surface area contributed by atoms with E-state index in [0.29, 0.717) is 0 Å². The summed E-state index contributed by atoms with van der Waals surface area (Å²) in [4.78, 5) is 0. The lowest BCUT2D eigenvalue weighted by atomic mass is 10.1. The number of rotatable bonds is 3. The number of benzene rings is 1. The van der Waals surface area contributed by atoms with E-state index < -0.39 is 0 Å². The third kappa shape index (κ3) is 2.98. The van der Waals surface area contributed by atoms with Gasteiger partial charge in [-0.3, -0.25) is 0 Å². The molecule has 0 bridgehead atoms. The molecule has 1 aromatic rings. The predicted octanol–water partition coefficient (Wildman–Crippen LogP) is 3.92. The first-order valence-corrected chi connectivity index (χ1v) is 6.65. The second-order valence-corrected chi connectivity index (χ2v) is 4.94. The molecule has 0 aromatic heterocycles. The molecule has 3 heteroatoms. The first-order chi connectivity index (χ1) is 7.79. The van der Waals surface area contributed by atoms with E-state index in [0.717, 1.165) is 36.1 Å². The number of aryl methyl sites for hydroxylation is 1. The maximum absolute atomic E-state index is 5.89. The highest BCUT2D eigenvalue weighted by molar-refractivity contribution is 9.10. The van der Waals surface area contributed by atoms with Crippen molar-refractivity contribution in [3.63, 3.8) is 0 Å². The molecule has 2 rings (SSSR count). The molecule has 1 saturated heterocycles. The molecule has 1 aliphatic rings. The summed E-state index contributed by atoms with van der Waals surface area (Å²) in [7, 11) is 0. The van der Waals surface area contributed by atoms with Crippen LogP contribution in [0.4, 0.5) is 0 Å². The second kappa shape index (κ2) is 5.69. The molecule has 1 fully saturated rings. The number of ether oxygens (including phenoxy) is 2. The van der Waals surface area contributed by atoms with Crippen molar-refractivity contribution in [2.24, 2.45) is 0 Å². The molecule has 16 heavy (non-hydrogen) atoms. The maximum atomic E-state index is 5.89. The highest BCUT2D eigenvalue weighted by Crippen LogP contribution is 2.26. The number of hydrogen-bond acceptors (Lipinski definition) is 2. The minimum absolute atomic E-state index is 0.0553. The van der Waals surface area contributed by atoms with E-state index in [-0.39, 0.29) is 6.29 Å². The van der Waals surface area contributed by atoms with Crippen LogP contribution < -0.4 is 4.74 Å². The lowest BCUT2D eigenvalue weighted by molar-refractivity contribution is -0.106. The van der Waals surface area contributed by atoms with Crippen molar-refractivity contribution < 1.29 is 9.47 Å². The van der Waals surface area contributed by atoms with E-state index in [9.17, 15) is 0 Å². The first kappa shape index (κ1) is 11.9. The van der Waals surface area contributed by atoms with Gasteiger partial charge in [0, 0.05) is 10.9 Å². The van der Waals surface area contributed by atoms with Gasteiger partial charge >= 0.3 is 0 Å². The smallest absolute Gasteiger partial charge is 0.199 e. The quantitative estimate of drug-likeness (QED) is 0.838. The molecule has 1 unspecified atom stereocenters. The average Bonchev–Trinajstić information content (AvgIpc) is 2.33. The fourth-order valence-electron chi connectivity index (χ4n) is 1.89. The maximum Gasteiger partial charge on any atom is 0.199 e. The molecule has 1 atom stereocenters. The van der Waals surface area contributed by atoms with Crippen LogP contribution in [0, 0.1) is 0 Å². The van der Waals surface area contributed by atoms with Gasteiger partial charge in [-0.05, 0) is 43.0 Å². The zero-order chi connectivity index (χ0) is 11.4. The zero-order valence-corrected chi connectivity index (χ0v) is 11.1. The summed E-state index contributed by atoms with van der Waals surface area (Å²) >= 11 is 3.48. The summed E-state index contributed by atoms with van der Waals surface area (Å²) < 4.78 is 12.6. The predicted molar refractivity (Wildman–Crippen MR) is 67.7 cm³/mol. The third-order valence-corrected chi connectivity index (χ3v) is 3.29. The van der Waals surface area contributed by atoms with Gasteiger partial charge in [-0.1, -0.05) is 22.9 Å². The summed E-state index contributed by atoms with van der Waals surface area (Å²) in [6.45, 7) is 2.96. The molecule has 0 saturated carbocycles. The summed E-state index contributed by atoms with van der Waals surface area (Å²) in [5.74, 6) is 0.956. The topological polar surface area (TPSA) is 18.5 Å². The van der Waals surface area contributed by atoms with E-state index in [1.54, 1.807) is 0 Å². The van der Waals surface area contributed by atoms with Gasteiger partial charge < -0.3 is 9.47 Å². The van der Waals surface area contributed by atoms with Crippen LogP contribution in [-0.2, 0) is 11.2 Å². The molecule has 88 valence electrons. The lowest BCUT2D eigenvalue weighted by Crippen LogP contribution is -2.25. The lowest BCUT2D eigenvalue weighted by Gasteiger charge is -2.24. The van der Waals surface area contributed by atoms with Crippen LogP contribution in [0.5, 0.6) is 5.75 Å². The molecule has 1 aromatic carbocycles. The van der Waals surface area contributed by atoms with Crippen molar-refractivity contribution in [3.05, 3.63) is 28.2 Å². The van der Waals surface area contributed by atoms with Crippen LogP contribution >= 0.6 is 15.9 Å². The summed E-state index contributed by atoms with van der Waals surface area (Å²) in [6, 6.07) is 6.14. The highest BCUT2D eigenvalue weighted by Gasteiger charge is 2.16. The third-order valence-electron chi connectivity index (χ3n) is 2.80. The van der Waals surface area contributed by atoms with Crippen molar-refractivity contribution in [2.45, 2.75) is 38.9 Å². The summed E-state index contributed by atoms with van der Waals surface area (Å²) in [6.07, 6.45) is 4.27. The Morgan fingerprint density at radius 2 is 2.31 bits per heavy atom. The minimum atomic E-state index is -0.0553. The Balaban J connectivity index is 2.07. The van der Waals surface area contributed by atoms with Crippen molar-refractivity contribution in [1.29, 1.82) is 0 Å². The van der Waals surface area contributed by atoms with Crippen molar-refractivity contribution in [2.75, 3.05) is 6.61 Å². The van der Waals surface area contributed by atoms with E-state index in [1.165, 1.54) is 12.0 Å². The van der Waals surface area contributed by atoms with Gasteiger partial charge in [0.1, 0.15) is 5.75 Å². The average molecular weight is 285 g/mol. The Hall–Kier alpha value is -0.540. The Bertz CT molecular complexity index is 346. The molecule has 0 radical (unpaired) electrons. The summed E-state index contributed by atoms with van der Waals surface area (Å²) in [5, 5.41) is 0. The first-order valence-electron chi connectivity index (χ1n) is 5.86. The van der Waals surface area contributed by atoms with E-state index >= 15 is 0 Å². The molecule has 1 heterocycles. The van der Waals surface area contributed by atoms with Crippen molar-refractivity contribution in [1.82, 2.24) is 0 Å². The standard InChI is InChI=1S/C13H17BrO2/c1-2-10-9-11(14)6-7-12(10)16-13-5-3-4-8-15-13/h6-7,9,13H,2-5,8H2,1H3. The Morgan fingerprint density at radius 1 is 1.44 bits per heavy atom. The van der Waals surface area contributed by atoms with Gasteiger partial charge in [0.25, 0.3) is 0 Å². The molecule has 1 aliphatic heterocycles. The van der Waals surface area contributed by atoms with E-state index in [4.69, 9.17) is 9.47 Å². The van der Waals surface area contributed by atoms with Crippen molar-refractivity contribution >= 4 is 15.9 Å². The van der Waals surface area contributed by atoms with Gasteiger partial charge in [-0.2, -0.15) is 0 Å². The molecule has 0 spiro atoms. The van der Waals surface area contributed by atoms with Gasteiger partial charge in [-0.15, -0.1) is 0 Å². The monoisotopic (exact) mass is 284 g/mol. The molecule has 0 N–H and O–H groups in total. The Morgan fingerprint density at radius 3 is 3.00 bits per heavy atom. The van der Waals surface area contributed by atoms with Crippen molar-refractivity contribution in [3.8, 4) is 5.75 Å². The molecule has 0 amide bonds. The highest BCUT2D eigenvalue weighted by atomic mass is 79.9. The van der Waals surface area contributed by atoms with Crippen LogP contribution in [0.3, 0.4) is 0 Å². The van der Waals surface area contributed by atoms with Crippen LogP contribution in [0.1, 0.15) is 31.7 Å². The number of hydrogen-bond donors (Lipinski definition) is 0. The van der Waals surface area contributed by atoms with Gasteiger partial charge in [0.15, 0.2) is 6.29 Å². The van der Waals surface area contributed by atoms with Gasteiger partial charge in [0.05, 0.1) is 6.61 Å². The fraction of sp³-hybridized carbons (Fsp3) is 0.538. The molecule has 2 nitrogen and oxygen atoms in total. The largest absolute Gasteiger partial charge is 0.465 e. The van der Waals surface area contributed by atoms with E-state index in [1.807, 2.05) is 12.1 Å². The zero-order valence-electron chi connectivity index (χ0n) is 9.54. The molecular weight excluding hydrogens is 268 g/mol. The summed E-state index contributed by atoms with van der Waals surface area (Å²) in [5.41, 5.74) is 1.23. The van der Waals surface area contributed by atoms with E-state index in [2.05, 4.69) is 28.9 Å².